The van der Waals surface area contributed by atoms with Gasteiger partial charge in [-0.25, -0.2) is 0 Å². The summed E-state index contributed by atoms with van der Waals surface area (Å²) in [6.07, 6.45) is 8.65. The van der Waals surface area contributed by atoms with E-state index in [4.69, 9.17) is 24.4 Å². The lowest BCUT2D eigenvalue weighted by Crippen LogP contribution is -2.58. The van der Waals surface area contributed by atoms with Gasteiger partial charge in [0.2, 0.25) is 5.91 Å². The van der Waals surface area contributed by atoms with Crippen LogP contribution in [0.5, 0.6) is 0 Å². The average Bonchev–Trinajstić information content (AvgIpc) is 2.87. The molecular weight excluding hydrogens is 502 g/mol. The normalized spacial score (nSPS) is 11.2. The quantitative estimate of drug-likeness (QED) is 0.0782. The van der Waals surface area contributed by atoms with Crippen LogP contribution in [0, 0.1) is 0 Å². The van der Waals surface area contributed by atoms with E-state index in [1.165, 1.54) is 7.11 Å². The number of amides is 1. The lowest BCUT2D eigenvalue weighted by molar-refractivity contribution is -0.141. The number of methoxy groups -OCH3 is 1. The second-order valence-electron chi connectivity index (χ2n) is 9.13. The maximum absolute atomic E-state index is 12.8. The molecule has 0 rings (SSSR count). The van der Waals surface area contributed by atoms with Crippen molar-refractivity contribution in [2.45, 2.75) is 89.0 Å². The molecule has 0 aliphatic carbocycles. The Morgan fingerprint density at radius 3 is 1.58 bits per heavy atom. The van der Waals surface area contributed by atoms with E-state index < -0.39 is 17.5 Å². The van der Waals surface area contributed by atoms with Crippen molar-refractivity contribution in [2.24, 2.45) is 0 Å². The third-order valence-electron chi connectivity index (χ3n) is 5.60. The van der Waals surface area contributed by atoms with E-state index in [9.17, 15) is 24.0 Å². The highest BCUT2D eigenvalue weighted by atomic mass is 16.5. The highest BCUT2D eigenvalue weighted by Crippen LogP contribution is 2.14. The molecular formula is C26H45NO11. The molecule has 0 heterocycles. The number of aliphatic carboxylic acids is 2. The fourth-order valence-electron chi connectivity index (χ4n) is 3.56. The van der Waals surface area contributed by atoms with E-state index >= 15 is 0 Å². The second-order valence-corrected chi connectivity index (χ2v) is 9.13. The third kappa shape index (κ3) is 21.5. The van der Waals surface area contributed by atoms with Gasteiger partial charge in [0.1, 0.15) is 11.8 Å². The number of carbonyl (C=O) groups excluding carboxylic acids is 3. The number of aldehydes is 1. The molecule has 0 fully saturated rings. The van der Waals surface area contributed by atoms with Crippen molar-refractivity contribution < 1.29 is 53.1 Å². The van der Waals surface area contributed by atoms with Crippen molar-refractivity contribution in [2.75, 3.05) is 46.8 Å². The van der Waals surface area contributed by atoms with Crippen molar-refractivity contribution >= 4 is 30.1 Å². The van der Waals surface area contributed by atoms with Crippen LogP contribution in [0.15, 0.2) is 0 Å². The molecule has 220 valence electrons. The van der Waals surface area contributed by atoms with Crippen LogP contribution in [-0.4, -0.2) is 92.6 Å². The van der Waals surface area contributed by atoms with Crippen molar-refractivity contribution in [1.29, 1.82) is 0 Å². The number of hydrogen-bond acceptors (Lipinski definition) is 9. The summed E-state index contributed by atoms with van der Waals surface area (Å²) >= 11 is 0. The number of esters is 1. The molecule has 0 saturated carbocycles. The van der Waals surface area contributed by atoms with Gasteiger partial charge in [0, 0.05) is 19.3 Å². The summed E-state index contributed by atoms with van der Waals surface area (Å²) in [5, 5.41) is 20.6. The van der Waals surface area contributed by atoms with Gasteiger partial charge in [0.25, 0.3) is 0 Å². The standard InChI is InChI=1S/C26H45NO11/c1-35-25(34)12-9-7-5-3-2-4-6-8-11-22(29)27-26(19-36-16-10-15-28,20-37-17-13-23(30)31)21-38-18-14-24(32)33/h15H,2-14,16-21H2,1H3,(H,27,29)(H,30,31)(H,32,33). The average molecular weight is 548 g/mol. The van der Waals surface area contributed by atoms with Gasteiger partial charge in [-0.2, -0.15) is 0 Å². The Kier molecular flexibility index (Phi) is 21.9. The number of carbonyl (C=O) groups is 5. The number of unbranched alkanes of at least 4 members (excludes halogenated alkanes) is 7. The fourth-order valence-corrected chi connectivity index (χ4v) is 3.56. The van der Waals surface area contributed by atoms with E-state index in [0.717, 1.165) is 44.9 Å². The van der Waals surface area contributed by atoms with E-state index in [0.29, 0.717) is 19.1 Å². The zero-order valence-corrected chi connectivity index (χ0v) is 22.6. The molecule has 0 aromatic carbocycles. The monoisotopic (exact) mass is 547 g/mol. The minimum Gasteiger partial charge on any atom is -0.481 e. The Labute approximate surface area is 224 Å². The molecule has 0 aromatic rings. The molecule has 3 N–H and O–H groups in total. The van der Waals surface area contributed by atoms with Crippen molar-refractivity contribution in [3.63, 3.8) is 0 Å². The summed E-state index contributed by atoms with van der Waals surface area (Å²) in [7, 11) is 1.39. The smallest absolute Gasteiger partial charge is 0.305 e. The summed E-state index contributed by atoms with van der Waals surface area (Å²) in [5.41, 5.74) is -1.17. The first-order chi connectivity index (χ1) is 18.2. The highest BCUT2D eigenvalue weighted by Gasteiger charge is 2.33. The molecule has 1 amide bonds. The molecule has 0 atom stereocenters. The highest BCUT2D eigenvalue weighted by molar-refractivity contribution is 5.76. The van der Waals surface area contributed by atoms with Crippen LogP contribution in [-0.2, 0) is 42.9 Å². The molecule has 0 saturated heterocycles. The molecule has 38 heavy (non-hydrogen) atoms. The van der Waals surface area contributed by atoms with Crippen molar-refractivity contribution in [3.8, 4) is 0 Å². The number of carboxylic acid groups (broad SMARTS) is 2. The minimum atomic E-state index is -1.17. The van der Waals surface area contributed by atoms with Gasteiger partial charge < -0.3 is 39.3 Å². The Balaban J connectivity index is 4.68. The number of hydrogen-bond donors (Lipinski definition) is 3. The second kappa shape index (κ2) is 23.5. The topological polar surface area (TPSA) is 175 Å². The molecule has 0 spiro atoms. The van der Waals surface area contributed by atoms with Crippen molar-refractivity contribution in [1.82, 2.24) is 5.32 Å². The van der Waals surface area contributed by atoms with E-state index in [2.05, 4.69) is 10.1 Å². The van der Waals surface area contributed by atoms with Crippen LogP contribution in [0.25, 0.3) is 0 Å². The Hall–Kier alpha value is -2.57. The Bertz CT molecular complexity index is 662. The zero-order chi connectivity index (χ0) is 28.5. The number of rotatable bonds is 27. The zero-order valence-electron chi connectivity index (χ0n) is 22.6. The van der Waals surface area contributed by atoms with E-state index in [1.54, 1.807) is 0 Å². The largest absolute Gasteiger partial charge is 0.481 e. The molecule has 0 unspecified atom stereocenters. The number of nitrogens with one attached hydrogen (secondary N) is 1. The number of carboxylic acids is 2. The molecule has 0 aliphatic heterocycles. The maximum Gasteiger partial charge on any atom is 0.305 e. The van der Waals surface area contributed by atoms with Crippen LogP contribution in [0.1, 0.15) is 83.5 Å². The first kappa shape index (κ1) is 35.4. The van der Waals surface area contributed by atoms with E-state index in [-0.39, 0.29) is 77.2 Å². The third-order valence-corrected chi connectivity index (χ3v) is 5.60. The summed E-state index contributed by atoms with van der Waals surface area (Å²) in [5.74, 6) is -2.49. The van der Waals surface area contributed by atoms with Gasteiger partial charge in [-0.3, -0.25) is 19.2 Å². The minimum absolute atomic E-state index is 0.0529. The fraction of sp³-hybridized carbons (Fsp3) is 0.808. The van der Waals surface area contributed by atoms with Gasteiger partial charge in [0.15, 0.2) is 0 Å². The van der Waals surface area contributed by atoms with Crippen molar-refractivity contribution in [3.05, 3.63) is 0 Å². The van der Waals surface area contributed by atoms with Gasteiger partial charge in [0.05, 0.1) is 59.6 Å². The maximum atomic E-state index is 12.8. The molecule has 0 bridgehead atoms. The molecule has 0 aliphatic rings. The SMILES string of the molecule is COC(=O)CCCCCCCCCCC(=O)NC(COCCC=O)(COCCC(=O)O)COCCC(=O)O. The Morgan fingerprint density at radius 2 is 1.13 bits per heavy atom. The lowest BCUT2D eigenvalue weighted by atomic mass is 10.0. The van der Waals surface area contributed by atoms with Gasteiger partial charge in [-0.05, 0) is 12.8 Å². The number of ether oxygens (including phenoxy) is 4. The first-order valence-corrected chi connectivity index (χ1v) is 13.2. The van der Waals surface area contributed by atoms with Gasteiger partial charge >= 0.3 is 17.9 Å². The molecule has 0 aromatic heterocycles. The predicted molar refractivity (Wildman–Crippen MR) is 137 cm³/mol. The first-order valence-electron chi connectivity index (χ1n) is 13.2. The van der Waals surface area contributed by atoms with Crippen LogP contribution in [0.4, 0.5) is 0 Å². The van der Waals surface area contributed by atoms with Gasteiger partial charge in [-0.1, -0.05) is 38.5 Å². The Morgan fingerprint density at radius 1 is 0.684 bits per heavy atom. The molecule has 12 heteroatoms. The van der Waals surface area contributed by atoms with Crippen LogP contribution >= 0.6 is 0 Å². The van der Waals surface area contributed by atoms with Gasteiger partial charge in [-0.15, -0.1) is 0 Å². The van der Waals surface area contributed by atoms with Crippen LogP contribution in [0.3, 0.4) is 0 Å². The molecule has 12 nitrogen and oxygen atoms in total. The summed E-state index contributed by atoms with van der Waals surface area (Å²) in [4.78, 5) is 56.1. The van der Waals surface area contributed by atoms with Crippen LogP contribution < -0.4 is 5.32 Å². The molecule has 0 radical (unpaired) electrons. The summed E-state index contributed by atoms with van der Waals surface area (Å²) < 4.78 is 21.2. The van der Waals surface area contributed by atoms with Crippen LogP contribution in [0.2, 0.25) is 0 Å². The summed E-state index contributed by atoms with van der Waals surface area (Å²) in [6, 6.07) is 0. The summed E-state index contributed by atoms with van der Waals surface area (Å²) in [6.45, 7) is -0.304. The predicted octanol–water partition coefficient (Wildman–Crippen LogP) is 2.50. The van der Waals surface area contributed by atoms with E-state index in [1.807, 2.05) is 0 Å². The lowest BCUT2D eigenvalue weighted by Gasteiger charge is -2.34.